The second-order valence-corrected chi connectivity index (χ2v) is 16.6. The number of nitrogens with zero attached hydrogens (tertiary/aromatic N) is 1. The van der Waals surface area contributed by atoms with E-state index in [1.807, 2.05) is 27.0 Å². The molecule has 0 amide bonds. The Morgan fingerprint density at radius 3 is 1.41 bits per heavy atom. The molecule has 6 nitrogen and oxygen atoms in total. The van der Waals surface area contributed by atoms with Gasteiger partial charge in [-0.05, 0) is 111 Å². The average molecular weight is 662 g/mol. The highest BCUT2D eigenvalue weighted by Crippen LogP contribution is 2.41. The number of nitrogens with one attached hydrogen (secondary N) is 1. The summed E-state index contributed by atoms with van der Waals surface area (Å²) in [6.07, 6.45) is 1.55. The summed E-state index contributed by atoms with van der Waals surface area (Å²) >= 11 is 0. The van der Waals surface area contributed by atoms with E-state index in [-0.39, 0.29) is 23.1 Å². The second kappa shape index (κ2) is 16.5. The number of rotatable bonds is 7. The zero-order valence-corrected chi connectivity index (χ0v) is 27.0. The number of nitrogens with two attached hydrogens (primary N) is 1. The summed E-state index contributed by atoms with van der Waals surface area (Å²) in [6, 6.07) is -3.19. The van der Waals surface area contributed by atoms with Gasteiger partial charge in [0.1, 0.15) is 29.4 Å². The van der Waals surface area contributed by atoms with Crippen LogP contribution in [-0.4, -0.2) is 54.8 Å². The number of carbonyl (C=O) groups excluding carboxylic acids is 1. The van der Waals surface area contributed by atoms with Crippen LogP contribution in [0.15, 0.2) is 4.40 Å². The van der Waals surface area contributed by atoms with Crippen molar-refractivity contribution in [2.75, 3.05) is 0 Å². The van der Waals surface area contributed by atoms with Crippen LogP contribution in [0.5, 0.6) is 0 Å². The average Bonchev–Trinajstić information content (AvgIpc) is 3.61. The molecule has 0 aliphatic heterocycles. The molecule has 0 aromatic rings. The van der Waals surface area contributed by atoms with Gasteiger partial charge in [-0.15, -0.1) is 12.4 Å². The van der Waals surface area contributed by atoms with Gasteiger partial charge >= 0.3 is 12.4 Å². The van der Waals surface area contributed by atoms with Crippen molar-refractivity contribution < 1.29 is 39.6 Å². The Morgan fingerprint density at radius 1 is 0.756 bits per heavy atom. The zero-order valence-electron chi connectivity index (χ0n) is 24.5. The van der Waals surface area contributed by atoms with Crippen molar-refractivity contribution in [3.63, 3.8) is 0 Å². The van der Waals surface area contributed by atoms with E-state index in [0.29, 0.717) is 37.5 Å². The van der Waals surface area contributed by atoms with Crippen molar-refractivity contribution in [3.8, 4) is 0 Å². The molecule has 0 aromatic heterocycles. The fourth-order valence-electron chi connectivity index (χ4n) is 2.65. The van der Waals surface area contributed by atoms with Crippen LogP contribution >= 0.6 is 12.4 Å². The van der Waals surface area contributed by atoms with Gasteiger partial charge in [0, 0.05) is 12.1 Å². The van der Waals surface area contributed by atoms with Crippen LogP contribution in [0.2, 0.25) is 0 Å². The summed E-state index contributed by atoms with van der Waals surface area (Å²) in [4.78, 5) is 9.57. The van der Waals surface area contributed by atoms with E-state index >= 15 is 0 Å². The van der Waals surface area contributed by atoms with E-state index in [9.17, 15) is 39.6 Å². The van der Waals surface area contributed by atoms with Crippen LogP contribution < -0.4 is 10.5 Å². The Balaban J connectivity index is 0.000000545. The molecular weight excluding hydrogens is 616 g/mol. The Hall–Kier alpha value is -0.570. The summed E-state index contributed by atoms with van der Waals surface area (Å²) in [5.74, 6) is 0.401. The van der Waals surface area contributed by atoms with Crippen molar-refractivity contribution in [2.45, 2.75) is 127 Å². The molecule has 4 atom stereocenters. The number of aldehydes is 1. The number of halogens is 7. The molecule has 41 heavy (non-hydrogen) atoms. The maximum atomic E-state index is 12.6. The van der Waals surface area contributed by atoms with E-state index in [0.717, 1.165) is 19.1 Å². The van der Waals surface area contributed by atoms with Gasteiger partial charge in [0.2, 0.25) is 0 Å². The quantitative estimate of drug-likeness (QED) is 0.182. The minimum Gasteiger partial charge on any atom is -0.320 e. The maximum absolute atomic E-state index is 12.6. The van der Waals surface area contributed by atoms with Crippen molar-refractivity contribution in [1.29, 1.82) is 0 Å². The minimum absolute atomic E-state index is 0. The lowest BCUT2D eigenvalue weighted by molar-refractivity contribution is -0.155. The third kappa shape index (κ3) is 18.6. The highest BCUT2D eigenvalue weighted by Gasteiger charge is 2.50. The van der Waals surface area contributed by atoms with Crippen LogP contribution in [0, 0.1) is 23.7 Å². The molecule has 15 heteroatoms. The van der Waals surface area contributed by atoms with Gasteiger partial charge in [-0.25, -0.2) is 13.1 Å². The summed E-state index contributed by atoms with van der Waals surface area (Å²) in [5, 5.41) is 0. The molecule has 0 unspecified atom stereocenters. The predicted molar refractivity (Wildman–Crippen MR) is 155 cm³/mol. The highest BCUT2D eigenvalue weighted by atomic mass is 35.5. The molecule has 4 aliphatic carbocycles. The summed E-state index contributed by atoms with van der Waals surface area (Å²) in [5.41, 5.74) is 4.83. The minimum atomic E-state index is -4.30. The first-order valence-electron chi connectivity index (χ1n) is 13.6. The molecule has 4 rings (SSSR count). The zero-order chi connectivity index (χ0) is 31.1. The smallest absolute Gasteiger partial charge is 0.320 e. The topological polar surface area (TPSA) is 102 Å². The van der Waals surface area contributed by atoms with E-state index in [1.165, 1.54) is 12.8 Å². The first-order chi connectivity index (χ1) is 18.1. The van der Waals surface area contributed by atoms with Crippen LogP contribution in [0.4, 0.5) is 26.3 Å². The lowest BCUT2D eigenvalue weighted by atomic mass is 10.2. The van der Waals surface area contributed by atoms with Crippen molar-refractivity contribution in [2.24, 2.45) is 33.8 Å². The fourth-order valence-corrected chi connectivity index (χ4v) is 4.16. The van der Waals surface area contributed by atoms with Gasteiger partial charge in [-0.3, -0.25) is 0 Å². The number of hydrogen-bond acceptors (Lipinski definition) is 4. The first-order valence-corrected chi connectivity index (χ1v) is 15.8. The number of alkyl halides is 6. The van der Waals surface area contributed by atoms with E-state index in [2.05, 4.69) is 9.12 Å². The van der Waals surface area contributed by atoms with Gasteiger partial charge in [0.05, 0.1) is 20.5 Å². The van der Waals surface area contributed by atoms with Crippen LogP contribution in [0.1, 0.15) is 92.9 Å². The Labute approximate surface area is 251 Å². The predicted octanol–water partition coefficient (Wildman–Crippen LogP) is 6.61. The third-order valence-corrected chi connectivity index (χ3v) is 9.01. The molecule has 0 aromatic carbocycles. The van der Waals surface area contributed by atoms with Crippen LogP contribution in [-0.2, 0) is 26.8 Å². The van der Waals surface area contributed by atoms with Gasteiger partial charge < -0.3 is 10.5 Å². The number of hydrogen-bond donors (Lipinski definition) is 2. The van der Waals surface area contributed by atoms with E-state index < -0.39 is 57.1 Å². The molecule has 0 bridgehead atoms. The van der Waals surface area contributed by atoms with Crippen LogP contribution in [0.3, 0.4) is 0 Å². The van der Waals surface area contributed by atoms with Crippen molar-refractivity contribution in [3.05, 3.63) is 0 Å². The van der Waals surface area contributed by atoms with Crippen LogP contribution in [0.25, 0.3) is 0 Å². The monoisotopic (exact) mass is 661 g/mol. The Bertz CT molecular complexity index is 876. The van der Waals surface area contributed by atoms with E-state index in [1.54, 1.807) is 20.8 Å². The maximum Gasteiger partial charge on any atom is 0.405 e. The second-order valence-electron chi connectivity index (χ2n) is 12.7. The van der Waals surface area contributed by atoms with Crippen molar-refractivity contribution >= 4 is 46.9 Å². The molecule has 0 saturated heterocycles. The van der Waals surface area contributed by atoms with Gasteiger partial charge in [-0.2, -0.15) is 30.7 Å². The first kappa shape index (κ1) is 40.4. The lowest BCUT2D eigenvalue weighted by Gasteiger charge is -2.25. The largest absolute Gasteiger partial charge is 0.405 e. The molecule has 0 radical (unpaired) electrons. The Kier molecular flexibility index (Phi) is 16.3. The van der Waals surface area contributed by atoms with E-state index in [4.69, 9.17) is 5.73 Å². The molecule has 3 N–H and O–H groups in total. The molecule has 0 heterocycles. The summed E-state index contributed by atoms with van der Waals surface area (Å²) in [7, 11) is -2.71. The molecular formula is C26H46ClF6N3O3S2. The SMILES string of the molecule is CC(C)(C)[S@@](=O)N=CC1CC1.CC(C)(C)[S@@](=O)N[C@H](C1CC1)C(F)(F)F.Cl.N[C@H](C1CC1)C(F)(F)F.O=CC1CC1. The Morgan fingerprint density at radius 2 is 1.20 bits per heavy atom. The molecule has 0 spiro atoms. The molecule has 4 fully saturated rings. The standard InChI is InChI=1S/C9H16F3NOS.C8H15NOS.C5H8F3N.C4H6O.ClH/c1-8(2,3)15(14)13-7(6-4-5-6)9(10,11)12;1-8(2,3)11(10)9-6-7-4-5-7;6-5(7,8)4(9)3-1-2-3;5-3-4-1-2-4;/h6-7,13H,4-5H2,1-3H3;6-7H,4-5H2,1-3H3;3-4H,1-2,9H2;3-4H,1-2H2;1H/t7-,15-;11-;4-;;/m111../s1. The summed E-state index contributed by atoms with van der Waals surface area (Å²) < 4.78 is 101. The van der Waals surface area contributed by atoms with Gasteiger partial charge in [0.15, 0.2) is 0 Å². The number of carbonyl (C=O) groups is 1. The molecule has 244 valence electrons. The third-order valence-electron chi connectivity index (χ3n) is 6.07. The molecule has 4 saturated carbocycles. The molecule has 4 aliphatic rings. The highest BCUT2D eigenvalue weighted by molar-refractivity contribution is 7.85. The van der Waals surface area contributed by atoms with Gasteiger partial charge in [0.25, 0.3) is 0 Å². The van der Waals surface area contributed by atoms with Gasteiger partial charge in [-0.1, -0.05) is 0 Å². The van der Waals surface area contributed by atoms with Crippen molar-refractivity contribution in [1.82, 2.24) is 4.72 Å². The summed E-state index contributed by atoms with van der Waals surface area (Å²) in [6.45, 7) is 10.8. The fraction of sp³-hybridized carbons (Fsp3) is 0.923. The normalized spacial score (nSPS) is 22.3. The lowest BCUT2D eigenvalue weighted by Crippen LogP contribution is -2.48.